The van der Waals surface area contributed by atoms with Gasteiger partial charge < -0.3 is 9.30 Å². The molecule has 0 amide bonds. The predicted molar refractivity (Wildman–Crippen MR) is 56.6 cm³/mol. The van der Waals surface area contributed by atoms with Crippen LogP contribution in [0.2, 0.25) is 5.02 Å². The number of rotatable bonds is 3. The van der Waals surface area contributed by atoms with Gasteiger partial charge in [0, 0.05) is 18.7 Å². The first-order valence-corrected chi connectivity index (χ1v) is 4.78. The number of hydrogen-bond acceptors (Lipinski definition) is 2. The third-order valence-electron chi connectivity index (χ3n) is 2.12. The van der Waals surface area contributed by atoms with Crippen LogP contribution in [-0.4, -0.2) is 23.3 Å². The molecule has 3 nitrogen and oxygen atoms in total. The van der Waals surface area contributed by atoms with Crippen LogP contribution in [0.25, 0.3) is 11.0 Å². The Morgan fingerprint density at radius 1 is 1.50 bits per heavy atom. The number of imidazole rings is 1. The predicted octanol–water partition coefficient (Wildman–Crippen LogP) is 2.34. The molecule has 0 aliphatic carbocycles. The lowest BCUT2D eigenvalue weighted by Gasteiger charge is -2.02. The molecule has 0 aliphatic heterocycles. The van der Waals surface area contributed by atoms with Crippen molar-refractivity contribution in [1.82, 2.24) is 9.55 Å². The minimum absolute atomic E-state index is 0.689. The highest BCUT2D eigenvalue weighted by Crippen LogP contribution is 2.17. The summed E-state index contributed by atoms with van der Waals surface area (Å²) in [4.78, 5) is 4.26. The van der Waals surface area contributed by atoms with Crippen molar-refractivity contribution in [1.29, 1.82) is 0 Å². The van der Waals surface area contributed by atoms with Crippen LogP contribution in [0.1, 0.15) is 0 Å². The van der Waals surface area contributed by atoms with E-state index < -0.39 is 0 Å². The lowest BCUT2D eigenvalue weighted by molar-refractivity contribution is 0.188. The van der Waals surface area contributed by atoms with Gasteiger partial charge >= 0.3 is 0 Å². The van der Waals surface area contributed by atoms with E-state index in [-0.39, 0.29) is 0 Å². The van der Waals surface area contributed by atoms with Crippen molar-refractivity contribution < 1.29 is 4.74 Å². The number of fused-ring (bicyclic) bond motifs is 1. The summed E-state index contributed by atoms with van der Waals surface area (Å²) >= 11 is 5.86. The molecule has 0 unspecified atom stereocenters. The maximum Gasteiger partial charge on any atom is 0.0959 e. The highest BCUT2D eigenvalue weighted by Gasteiger charge is 2.01. The summed E-state index contributed by atoms with van der Waals surface area (Å²) in [7, 11) is 1.69. The fraction of sp³-hybridized carbons (Fsp3) is 0.300. The minimum Gasteiger partial charge on any atom is -0.383 e. The molecule has 4 heteroatoms. The van der Waals surface area contributed by atoms with Crippen molar-refractivity contribution in [3.63, 3.8) is 0 Å². The molecular weight excluding hydrogens is 200 g/mol. The van der Waals surface area contributed by atoms with Gasteiger partial charge in [-0.05, 0) is 18.2 Å². The summed E-state index contributed by atoms with van der Waals surface area (Å²) in [5, 5.41) is 0.717. The molecule has 0 atom stereocenters. The molecule has 0 saturated carbocycles. The number of methoxy groups -OCH3 is 1. The number of benzene rings is 1. The molecule has 1 heterocycles. The van der Waals surface area contributed by atoms with Gasteiger partial charge in [0.2, 0.25) is 0 Å². The summed E-state index contributed by atoms with van der Waals surface area (Å²) in [5.41, 5.74) is 2.01. The van der Waals surface area contributed by atoms with Gasteiger partial charge in [0.15, 0.2) is 0 Å². The number of nitrogens with zero attached hydrogens (tertiary/aromatic N) is 2. The molecule has 2 rings (SSSR count). The molecule has 74 valence electrons. The average Bonchev–Trinajstić information content (AvgIpc) is 2.57. The van der Waals surface area contributed by atoms with Crippen LogP contribution >= 0.6 is 11.6 Å². The van der Waals surface area contributed by atoms with Crippen LogP contribution in [0.3, 0.4) is 0 Å². The Morgan fingerprint density at radius 2 is 2.36 bits per heavy atom. The molecule has 0 spiro atoms. The van der Waals surface area contributed by atoms with Crippen molar-refractivity contribution >= 4 is 22.6 Å². The third-order valence-corrected chi connectivity index (χ3v) is 2.35. The molecule has 0 N–H and O–H groups in total. The van der Waals surface area contributed by atoms with Gasteiger partial charge in [-0.15, -0.1) is 0 Å². The summed E-state index contributed by atoms with van der Waals surface area (Å²) in [5.74, 6) is 0. The zero-order chi connectivity index (χ0) is 9.97. The second-order valence-electron chi connectivity index (χ2n) is 3.06. The van der Waals surface area contributed by atoms with E-state index in [0.29, 0.717) is 6.61 Å². The van der Waals surface area contributed by atoms with Crippen LogP contribution in [0, 0.1) is 0 Å². The number of hydrogen-bond donors (Lipinski definition) is 0. The van der Waals surface area contributed by atoms with E-state index in [2.05, 4.69) is 9.55 Å². The molecule has 0 saturated heterocycles. The molecular formula is C10H11ClN2O. The van der Waals surface area contributed by atoms with Crippen LogP contribution in [0.5, 0.6) is 0 Å². The van der Waals surface area contributed by atoms with Gasteiger partial charge in [-0.1, -0.05) is 11.6 Å². The molecule has 1 aromatic heterocycles. The van der Waals surface area contributed by atoms with Crippen molar-refractivity contribution in [3.05, 3.63) is 29.5 Å². The minimum atomic E-state index is 0.689. The highest BCUT2D eigenvalue weighted by molar-refractivity contribution is 6.31. The van der Waals surface area contributed by atoms with Gasteiger partial charge in [-0.25, -0.2) is 4.98 Å². The third kappa shape index (κ3) is 1.74. The highest BCUT2D eigenvalue weighted by atomic mass is 35.5. The normalized spacial score (nSPS) is 11.0. The Bertz CT molecular complexity index is 439. The Morgan fingerprint density at radius 3 is 3.14 bits per heavy atom. The van der Waals surface area contributed by atoms with Gasteiger partial charge in [0.05, 0.1) is 24.0 Å². The lowest BCUT2D eigenvalue weighted by atomic mass is 10.3. The van der Waals surface area contributed by atoms with Crippen molar-refractivity contribution in [2.45, 2.75) is 6.54 Å². The largest absolute Gasteiger partial charge is 0.383 e. The van der Waals surface area contributed by atoms with Gasteiger partial charge in [-0.2, -0.15) is 0 Å². The molecule has 14 heavy (non-hydrogen) atoms. The monoisotopic (exact) mass is 210 g/mol. The van der Waals surface area contributed by atoms with E-state index in [0.717, 1.165) is 22.6 Å². The maximum absolute atomic E-state index is 5.86. The maximum atomic E-state index is 5.86. The van der Waals surface area contributed by atoms with E-state index in [9.17, 15) is 0 Å². The zero-order valence-corrected chi connectivity index (χ0v) is 8.66. The summed E-state index contributed by atoms with van der Waals surface area (Å²) < 4.78 is 7.06. The van der Waals surface area contributed by atoms with E-state index in [1.807, 2.05) is 18.2 Å². The summed E-state index contributed by atoms with van der Waals surface area (Å²) in [6.07, 6.45) is 1.81. The average molecular weight is 211 g/mol. The first-order chi connectivity index (χ1) is 6.81. The summed E-state index contributed by atoms with van der Waals surface area (Å²) in [6.45, 7) is 1.50. The smallest absolute Gasteiger partial charge is 0.0959 e. The number of aromatic nitrogens is 2. The first kappa shape index (κ1) is 9.49. The molecule has 2 aromatic rings. The SMILES string of the molecule is COCCn1cnc2cc(Cl)ccc21. The Labute approximate surface area is 87.3 Å². The van der Waals surface area contributed by atoms with Gasteiger partial charge in [0.25, 0.3) is 0 Å². The second-order valence-corrected chi connectivity index (χ2v) is 3.50. The van der Waals surface area contributed by atoms with Crippen LogP contribution in [-0.2, 0) is 11.3 Å². The molecule has 0 radical (unpaired) electrons. The lowest BCUT2D eigenvalue weighted by Crippen LogP contribution is -2.02. The number of ether oxygens (including phenoxy) is 1. The molecule has 1 aromatic carbocycles. The molecule has 0 aliphatic rings. The standard InChI is InChI=1S/C10H11ClN2O/c1-14-5-4-13-7-12-9-6-8(11)2-3-10(9)13/h2-3,6-7H,4-5H2,1H3. The molecule has 0 bridgehead atoms. The topological polar surface area (TPSA) is 27.1 Å². The van der Waals surface area contributed by atoms with Gasteiger partial charge in [0.1, 0.15) is 0 Å². The van der Waals surface area contributed by atoms with E-state index in [1.54, 1.807) is 13.4 Å². The Balaban J connectivity index is 2.37. The van der Waals surface area contributed by atoms with E-state index in [1.165, 1.54) is 0 Å². The van der Waals surface area contributed by atoms with Crippen molar-refractivity contribution in [3.8, 4) is 0 Å². The van der Waals surface area contributed by atoms with Crippen LogP contribution in [0.4, 0.5) is 0 Å². The van der Waals surface area contributed by atoms with Crippen LogP contribution in [0.15, 0.2) is 24.5 Å². The molecule has 0 fully saturated rings. The van der Waals surface area contributed by atoms with E-state index >= 15 is 0 Å². The van der Waals surface area contributed by atoms with Crippen LogP contribution < -0.4 is 0 Å². The Hall–Kier alpha value is -1.06. The van der Waals surface area contributed by atoms with E-state index in [4.69, 9.17) is 16.3 Å². The van der Waals surface area contributed by atoms with Crippen molar-refractivity contribution in [2.75, 3.05) is 13.7 Å². The van der Waals surface area contributed by atoms with Gasteiger partial charge in [-0.3, -0.25) is 0 Å². The number of halogens is 1. The van der Waals surface area contributed by atoms with Crippen molar-refractivity contribution in [2.24, 2.45) is 0 Å². The first-order valence-electron chi connectivity index (χ1n) is 4.40. The fourth-order valence-corrected chi connectivity index (χ4v) is 1.57. The zero-order valence-electron chi connectivity index (χ0n) is 7.90. The fourth-order valence-electron chi connectivity index (χ4n) is 1.40. The Kier molecular flexibility index (Phi) is 2.70. The quantitative estimate of drug-likeness (QED) is 0.778. The summed E-state index contributed by atoms with van der Waals surface area (Å²) in [6, 6.07) is 5.70. The second kappa shape index (κ2) is 3.98.